The van der Waals surface area contributed by atoms with E-state index >= 15 is 0 Å². The zero-order valence-corrected chi connectivity index (χ0v) is 27.2. The monoisotopic (exact) mass is 598 g/mol. The number of benzene rings is 1. The van der Waals surface area contributed by atoms with E-state index in [9.17, 15) is 19.2 Å². The van der Waals surface area contributed by atoms with Gasteiger partial charge in [-0.05, 0) is 127 Å². The summed E-state index contributed by atoms with van der Waals surface area (Å²) >= 11 is 0. The minimum atomic E-state index is -0.690. The molecule has 4 saturated carbocycles. The molecule has 0 heterocycles. The maximum Gasteiger partial charge on any atom is 0.431 e. The number of hydrogen-bond donors (Lipinski definition) is 2. The Morgan fingerprint density at radius 1 is 0.860 bits per heavy atom. The third-order valence-electron chi connectivity index (χ3n) is 8.78. The summed E-state index contributed by atoms with van der Waals surface area (Å²) in [4.78, 5) is 56.1. The van der Waals surface area contributed by atoms with Crippen LogP contribution < -0.4 is 10.8 Å². The zero-order valence-electron chi connectivity index (χ0n) is 27.2. The first-order valence-electron chi connectivity index (χ1n) is 15.6. The largest absolute Gasteiger partial charge is 0.460 e. The molecule has 9 heteroatoms. The normalized spacial score (nSPS) is 28.5. The summed E-state index contributed by atoms with van der Waals surface area (Å²) in [6.07, 6.45) is 6.29. The minimum Gasteiger partial charge on any atom is -0.460 e. The maximum atomic E-state index is 13.1. The number of nitrogens with one attached hydrogen (secondary N) is 2. The molecule has 3 atom stereocenters. The van der Waals surface area contributed by atoms with Gasteiger partial charge in [-0.2, -0.15) is 5.48 Å². The third-order valence-corrected chi connectivity index (χ3v) is 8.78. The van der Waals surface area contributed by atoms with E-state index in [1.54, 1.807) is 45.0 Å². The number of carbonyl (C=O) groups is 4. The van der Waals surface area contributed by atoms with E-state index in [2.05, 4.69) is 24.6 Å². The average Bonchev–Trinajstić information content (AvgIpc) is 2.81. The standard InChI is InChI=1S/C34H50N2O7/c1-30(2,3)41-27(38)24-11-9-22(10-12-24)15-25(28(39)42-31(4,5)6)13-14-26(37)36-43-29(40)35-34-18-23-16-32(7,20-34)19-33(8,17-23)21-34/h9-12,23,25H,13-21H2,1-8H3,(H,35,40)(H,36,37). The Balaban J connectivity index is 1.31. The van der Waals surface area contributed by atoms with Crippen LogP contribution in [0.4, 0.5) is 4.79 Å². The molecule has 0 saturated heterocycles. The number of hydrogen-bond acceptors (Lipinski definition) is 7. The first-order chi connectivity index (χ1) is 19.8. The van der Waals surface area contributed by atoms with Gasteiger partial charge in [-0.25, -0.2) is 9.59 Å². The van der Waals surface area contributed by atoms with Gasteiger partial charge in [-0.15, -0.1) is 0 Å². The van der Waals surface area contributed by atoms with E-state index < -0.39 is 41.1 Å². The fourth-order valence-electron chi connectivity index (χ4n) is 8.38. The molecule has 0 radical (unpaired) electrons. The Kier molecular flexibility index (Phi) is 8.98. The summed E-state index contributed by atoms with van der Waals surface area (Å²) in [6.45, 7) is 15.5. The van der Waals surface area contributed by atoms with Crippen LogP contribution in [-0.2, 0) is 30.3 Å². The molecule has 4 aliphatic rings. The topological polar surface area (TPSA) is 120 Å². The van der Waals surface area contributed by atoms with Crippen LogP contribution in [0.5, 0.6) is 0 Å². The lowest BCUT2D eigenvalue weighted by molar-refractivity contribution is -0.160. The molecule has 0 spiro atoms. The lowest BCUT2D eigenvalue weighted by Gasteiger charge is -2.65. The van der Waals surface area contributed by atoms with Crippen LogP contribution in [0.3, 0.4) is 0 Å². The summed E-state index contributed by atoms with van der Waals surface area (Å²) in [7, 11) is 0. The molecular formula is C34H50N2O7. The summed E-state index contributed by atoms with van der Waals surface area (Å²) in [5.41, 5.74) is 2.40. The second-order valence-electron chi connectivity index (χ2n) is 16.1. The van der Waals surface area contributed by atoms with Crippen molar-refractivity contribution in [2.75, 3.05) is 0 Å². The van der Waals surface area contributed by atoms with Crippen LogP contribution in [-0.4, -0.2) is 40.7 Å². The van der Waals surface area contributed by atoms with Crippen molar-refractivity contribution in [2.24, 2.45) is 22.7 Å². The van der Waals surface area contributed by atoms with Crippen molar-refractivity contribution in [1.29, 1.82) is 0 Å². The Morgan fingerprint density at radius 3 is 1.98 bits per heavy atom. The van der Waals surface area contributed by atoms with Gasteiger partial charge in [0.2, 0.25) is 0 Å². The highest BCUT2D eigenvalue weighted by Crippen LogP contribution is 2.66. The number of ether oxygens (including phenoxy) is 2. The van der Waals surface area contributed by atoms with E-state index in [0.29, 0.717) is 17.9 Å². The quantitative estimate of drug-likeness (QED) is 0.201. The Hall–Kier alpha value is -3.10. The molecule has 5 rings (SSSR count). The molecular weight excluding hydrogens is 548 g/mol. The smallest absolute Gasteiger partial charge is 0.431 e. The van der Waals surface area contributed by atoms with E-state index in [4.69, 9.17) is 14.3 Å². The minimum absolute atomic E-state index is 0.0312. The number of esters is 2. The predicted molar refractivity (Wildman–Crippen MR) is 162 cm³/mol. The van der Waals surface area contributed by atoms with Gasteiger partial charge in [0.25, 0.3) is 5.91 Å². The fraction of sp³-hybridized carbons (Fsp3) is 0.706. The first kappa shape index (κ1) is 32.8. The van der Waals surface area contributed by atoms with Gasteiger partial charge in [0.15, 0.2) is 0 Å². The number of hydroxylamine groups is 1. The van der Waals surface area contributed by atoms with Crippen LogP contribution in [0.1, 0.15) is 123 Å². The molecule has 2 N–H and O–H groups in total. The van der Waals surface area contributed by atoms with E-state index in [0.717, 1.165) is 24.8 Å². The molecule has 1 aromatic carbocycles. The molecule has 4 bridgehead atoms. The number of carbonyl (C=O) groups excluding carboxylic acids is 4. The molecule has 238 valence electrons. The lowest BCUT2D eigenvalue weighted by Crippen LogP contribution is -2.65. The van der Waals surface area contributed by atoms with Crippen molar-refractivity contribution in [3.63, 3.8) is 0 Å². The summed E-state index contributed by atoms with van der Waals surface area (Å²) in [5.74, 6) is -1.33. The SMILES string of the molecule is CC12CC3CC(C)(C1)CC(NC(=O)ONC(=O)CCC(Cc1ccc(C(=O)OC(C)(C)C)cc1)C(=O)OC(C)(C)C)(C3)C2. The average molecular weight is 599 g/mol. The second kappa shape index (κ2) is 11.8. The molecule has 0 aromatic heterocycles. The highest BCUT2D eigenvalue weighted by atomic mass is 16.7. The third kappa shape index (κ3) is 8.96. The molecule has 43 heavy (non-hydrogen) atoms. The van der Waals surface area contributed by atoms with Crippen molar-refractivity contribution in [3.05, 3.63) is 35.4 Å². The molecule has 3 unspecified atom stereocenters. The Labute approximate surface area is 256 Å². The van der Waals surface area contributed by atoms with Crippen molar-refractivity contribution in [2.45, 2.75) is 130 Å². The van der Waals surface area contributed by atoms with Crippen molar-refractivity contribution < 1.29 is 33.5 Å². The van der Waals surface area contributed by atoms with Crippen molar-refractivity contribution in [1.82, 2.24) is 10.8 Å². The highest BCUT2D eigenvalue weighted by molar-refractivity contribution is 5.89. The zero-order chi connectivity index (χ0) is 31.8. The van der Waals surface area contributed by atoms with Crippen LogP contribution in [0, 0.1) is 22.7 Å². The van der Waals surface area contributed by atoms with E-state index in [1.165, 1.54) is 19.3 Å². The predicted octanol–water partition coefficient (Wildman–Crippen LogP) is 6.43. The van der Waals surface area contributed by atoms with Gasteiger partial charge >= 0.3 is 18.0 Å². The van der Waals surface area contributed by atoms with E-state index in [1.807, 2.05) is 20.8 Å². The fourth-order valence-corrected chi connectivity index (χ4v) is 8.38. The van der Waals surface area contributed by atoms with Crippen LogP contribution in [0.15, 0.2) is 24.3 Å². The number of amides is 2. The molecule has 1 aromatic rings. The lowest BCUT2D eigenvalue weighted by atomic mass is 9.43. The summed E-state index contributed by atoms with van der Waals surface area (Å²) < 4.78 is 11.1. The van der Waals surface area contributed by atoms with Gasteiger partial charge in [0.05, 0.1) is 11.5 Å². The second-order valence-corrected chi connectivity index (χ2v) is 16.1. The number of rotatable bonds is 8. The van der Waals surface area contributed by atoms with Gasteiger partial charge in [-0.1, -0.05) is 26.0 Å². The molecule has 2 amide bonds. The summed E-state index contributed by atoms with van der Waals surface area (Å²) in [5, 5.41) is 3.11. The van der Waals surface area contributed by atoms with Gasteiger partial charge in [0.1, 0.15) is 11.2 Å². The van der Waals surface area contributed by atoms with Gasteiger partial charge in [-0.3, -0.25) is 9.59 Å². The Bertz CT molecular complexity index is 1210. The molecule has 4 aliphatic carbocycles. The highest BCUT2D eigenvalue weighted by Gasteiger charge is 2.60. The molecule has 9 nitrogen and oxygen atoms in total. The van der Waals surface area contributed by atoms with Gasteiger partial charge in [0, 0.05) is 12.0 Å². The van der Waals surface area contributed by atoms with Crippen molar-refractivity contribution >= 4 is 23.9 Å². The van der Waals surface area contributed by atoms with Crippen LogP contribution in [0.25, 0.3) is 0 Å². The van der Waals surface area contributed by atoms with Crippen LogP contribution >= 0.6 is 0 Å². The Morgan fingerprint density at radius 2 is 1.44 bits per heavy atom. The molecule has 4 fully saturated rings. The van der Waals surface area contributed by atoms with E-state index in [-0.39, 0.29) is 29.2 Å². The first-order valence-corrected chi connectivity index (χ1v) is 15.6. The summed E-state index contributed by atoms with van der Waals surface area (Å²) in [6, 6.07) is 6.88. The van der Waals surface area contributed by atoms with Gasteiger partial charge < -0.3 is 19.6 Å². The molecule has 0 aliphatic heterocycles. The maximum absolute atomic E-state index is 13.1. The van der Waals surface area contributed by atoms with Crippen molar-refractivity contribution in [3.8, 4) is 0 Å². The van der Waals surface area contributed by atoms with Crippen LogP contribution in [0.2, 0.25) is 0 Å².